The van der Waals surface area contributed by atoms with E-state index in [-0.39, 0.29) is 28.1 Å². The van der Waals surface area contributed by atoms with Crippen LogP contribution in [0.4, 0.5) is 5.69 Å². The molecule has 202 valence electrons. The smallest absolute Gasteiger partial charge is 0.268 e. The van der Waals surface area contributed by atoms with Crippen molar-refractivity contribution in [3.63, 3.8) is 0 Å². The van der Waals surface area contributed by atoms with E-state index in [4.69, 9.17) is 4.74 Å². The minimum absolute atomic E-state index is 0.0422. The second-order valence-electron chi connectivity index (χ2n) is 9.38. The molecule has 0 radical (unpaired) electrons. The number of carbonyl (C=O) groups excluding carboxylic acids is 2. The van der Waals surface area contributed by atoms with Crippen molar-refractivity contribution in [3.05, 3.63) is 72.1 Å². The summed E-state index contributed by atoms with van der Waals surface area (Å²) in [6.07, 6.45) is 4.99. The van der Waals surface area contributed by atoms with Gasteiger partial charge in [-0.25, -0.2) is 8.42 Å². The highest BCUT2D eigenvalue weighted by atomic mass is 32.2. The van der Waals surface area contributed by atoms with Gasteiger partial charge < -0.3 is 14.5 Å². The largest absolute Gasteiger partial charge is 0.495 e. The molecule has 2 aliphatic rings. The van der Waals surface area contributed by atoms with Crippen molar-refractivity contribution < 1.29 is 22.7 Å². The Morgan fingerprint density at radius 1 is 0.974 bits per heavy atom. The molecular weight excluding hydrogens is 518 g/mol. The second kappa shape index (κ2) is 10.9. The van der Waals surface area contributed by atoms with E-state index in [1.807, 2.05) is 13.0 Å². The highest BCUT2D eigenvalue weighted by Crippen LogP contribution is 2.30. The minimum atomic E-state index is -3.99. The Morgan fingerprint density at radius 2 is 1.69 bits per heavy atom. The first kappa shape index (κ1) is 26.4. The number of anilines is 1. The zero-order valence-electron chi connectivity index (χ0n) is 21.8. The summed E-state index contributed by atoms with van der Waals surface area (Å²) < 4.78 is 34.5. The predicted molar refractivity (Wildman–Crippen MR) is 148 cm³/mol. The maximum absolute atomic E-state index is 13.2. The van der Waals surface area contributed by atoms with Gasteiger partial charge >= 0.3 is 0 Å². The number of methoxy groups -OCH3 is 1. The van der Waals surface area contributed by atoms with Crippen molar-refractivity contribution in [3.8, 4) is 5.75 Å². The molecule has 1 aromatic heterocycles. The SMILES string of the molecule is COc1cc(C(=O)N2CCN(C(=O)C3=NC(C)=CCC3)CC2)ccc1NS(=O)(=O)c1cccc2cccnc12. The first-order chi connectivity index (χ1) is 18.8. The van der Waals surface area contributed by atoms with Crippen molar-refractivity contribution in [1.29, 1.82) is 0 Å². The molecule has 2 aliphatic heterocycles. The number of fused-ring (bicyclic) bond motifs is 1. The normalized spacial score (nSPS) is 15.9. The molecule has 0 atom stereocenters. The Hall–Kier alpha value is -4.25. The molecule has 3 heterocycles. The number of ether oxygens (including phenoxy) is 1. The molecule has 10 nitrogen and oxygen atoms in total. The molecule has 1 saturated heterocycles. The molecule has 1 N–H and O–H groups in total. The molecule has 2 amide bonds. The number of piperazine rings is 1. The highest BCUT2D eigenvalue weighted by Gasteiger charge is 2.28. The standard InChI is InChI=1S/C28H29N5O5S/c1-19-6-3-9-23(30-19)28(35)33-16-14-32(15-17-33)27(34)21-11-12-22(24(18-21)38-2)31-39(36,37)25-10-4-7-20-8-5-13-29-26(20)25/h4-8,10-13,18,31H,3,9,14-17H2,1-2H3. The zero-order valence-corrected chi connectivity index (χ0v) is 22.6. The Kier molecular flexibility index (Phi) is 7.34. The number of aliphatic imine (C=N–C) groups is 1. The van der Waals surface area contributed by atoms with E-state index in [9.17, 15) is 18.0 Å². The van der Waals surface area contributed by atoms with Crippen LogP contribution >= 0.6 is 0 Å². The van der Waals surface area contributed by atoms with Crippen LogP contribution in [0.3, 0.4) is 0 Å². The summed E-state index contributed by atoms with van der Waals surface area (Å²) in [5, 5.41) is 0.703. The van der Waals surface area contributed by atoms with Crippen molar-refractivity contribution >= 4 is 44.1 Å². The second-order valence-corrected chi connectivity index (χ2v) is 11.0. The summed E-state index contributed by atoms with van der Waals surface area (Å²) in [5.41, 5.74) is 2.34. The lowest BCUT2D eigenvalue weighted by Gasteiger charge is -2.35. The number of nitrogens with one attached hydrogen (secondary N) is 1. The molecule has 39 heavy (non-hydrogen) atoms. The van der Waals surface area contributed by atoms with Crippen LogP contribution in [-0.4, -0.2) is 74.0 Å². The number of carbonyl (C=O) groups is 2. The minimum Gasteiger partial charge on any atom is -0.495 e. The van der Waals surface area contributed by atoms with Gasteiger partial charge in [0.1, 0.15) is 16.4 Å². The van der Waals surface area contributed by atoms with Crippen molar-refractivity contribution in [2.45, 2.75) is 24.7 Å². The van der Waals surface area contributed by atoms with Crippen LogP contribution in [0.15, 0.2) is 76.4 Å². The topological polar surface area (TPSA) is 121 Å². The van der Waals surface area contributed by atoms with Crippen LogP contribution in [0.2, 0.25) is 0 Å². The molecule has 0 spiro atoms. The van der Waals surface area contributed by atoms with Gasteiger partial charge in [0, 0.05) is 49.0 Å². The molecule has 0 saturated carbocycles. The molecule has 0 aliphatic carbocycles. The van der Waals surface area contributed by atoms with Gasteiger partial charge in [-0.2, -0.15) is 0 Å². The lowest BCUT2D eigenvalue weighted by Crippen LogP contribution is -2.52. The number of aromatic nitrogens is 1. The van der Waals surface area contributed by atoms with Crippen LogP contribution in [0.25, 0.3) is 10.9 Å². The number of hydrogen-bond acceptors (Lipinski definition) is 7. The number of nitrogens with zero attached hydrogens (tertiary/aromatic N) is 4. The van der Waals surface area contributed by atoms with Crippen LogP contribution in [0, 0.1) is 0 Å². The van der Waals surface area contributed by atoms with Gasteiger partial charge in [0.15, 0.2) is 0 Å². The molecule has 0 unspecified atom stereocenters. The molecular formula is C28H29N5O5S. The quantitative estimate of drug-likeness (QED) is 0.505. The Morgan fingerprint density at radius 3 is 2.41 bits per heavy atom. The number of sulfonamides is 1. The molecule has 5 rings (SSSR count). The average Bonchev–Trinajstić information content (AvgIpc) is 2.96. The number of hydrogen-bond donors (Lipinski definition) is 1. The summed E-state index contributed by atoms with van der Waals surface area (Å²) in [6.45, 7) is 3.49. The van der Waals surface area contributed by atoms with Gasteiger partial charge in [0.25, 0.3) is 21.8 Å². The number of rotatable bonds is 6. The number of pyridine rings is 1. The summed E-state index contributed by atoms with van der Waals surface area (Å²) >= 11 is 0. The third kappa shape index (κ3) is 5.49. The molecule has 1 fully saturated rings. The molecule has 3 aromatic rings. The van der Waals surface area contributed by atoms with Gasteiger partial charge in [-0.05, 0) is 50.1 Å². The van der Waals surface area contributed by atoms with E-state index in [1.165, 1.54) is 25.3 Å². The summed E-state index contributed by atoms with van der Waals surface area (Å²) in [6, 6.07) is 13.1. The Labute approximate surface area is 227 Å². The van der Waals surface area contributed by atoms with E-state index in [2.05, 4.69) is 14.7 Å². The van der Waals surface area contributed by atoms with E-state index < -0.39 is 10.0 Å². The monoisotopic (exact) mass is 547 g/mol. The van der Waals surface area contributed by atoms with E-state index in [1.54, 1.807) is 46.3 Å². The van der Waals surface area contributed by atoms with Gasteiger partial charge in [0.2, 0.25) is 0 Å². The highest BCUT2D eigenvalue weighted by molar-refractivity contribution is 7.93. The maximum atomic E-state index is 13.2. The fraction of sp³-hybridized carbons (Fsp3) is 0.286. The maximum Gasteiger partial charge on any atom is 0.268 e. The molecule has 11 heteroatoms. The van der Waals surface area contributed by atoms with Crippen molar-refractivity contribution in [2.75, 3.05) is 38.0 Å². The summed E-state index contributed by atoms with van der Waals surface area (Å²) in [4.78, 5) is 38.2. The van der Waals surface area contributed by atoms with Crippen LogP contribution in [0.5, 0.6) is 5.75 Å². The lowest BCUT2D eigenvalue weighted by molar-refractivity contribution is -0.125. The first-order valence-electron chi connectivity index (χ1n) is 12.6. The van der Waals surface area contributed by atoms with Crippen LogP contribution in [-0.2, 0) is 14.8 Å². The van der Waals surface area contributed by atoms with Gasteiger partial charge in [0.05, 0.1) is 18.3 Å². The van der Waals surface area contributed by atoms with Crippen LogP contribution in [0.1, 0.15) is 30.1 Å². The van der Waals surface area contributed by atoms with E-state index in [0.717, 1.165) is 12.1 Å². The Bertz CT molecular complexity index is 1600. The van der Waals surface area contributed by atoms with E-state index in [0.29, 0.717) is 54.8 Å². The number of allylic oxidation sites excluding steroid dienone is 2. The van der Waals surface area contributed by atoms with Gasteiger partial charge in [-0.15, -0.1) is 0 Å². The molecule has 2 aromatic carbocycles. The Balaban J connectivity index is 1.29. The number of amides is 2. The fourth-order valence-electron chi connectivity index (χ4n) is 4.77. The van der Waals surface area contributed by atoms with Gasteiger partial charge in [-0.1, -0.05) is 24.3 Å². The third-order valence-corrected chi connectivity index (χ3v) is 8.21. The van der Waals surface area contributed by atoms with Crippen molar-refractivity contribution in [1.82, 2.24) is 14.8 Å². The van der Waals surface area contributed by atoms with Gasteiger partial charge in [-0.3, -0.25) is 24.3 Å². The first-order valence-corrected chi connectivity index (χ1v) is 14.1. The average molecular weight is 548 g/mol. The third-order valence-electron chi connectivity index (χ3n) is 6.81. The summed E-state index contributed by atoms with van der Waals surface area (Å²) in [5.74, 6) is -0.0822. The van der Waals surface area contributed by atoms with Crippen molar-refractivity contribution in [2.24, 2.45) is 4.99 Å². The predicted octanol–water partition coefficient (Wildman–Crippen LogP) is 3.47. The number of para-hydroxylation sites is 1. The number of benzene rings is 2. The molecule has 0 bridgehead atoms. The van der Waals surface area contributed by atoms with E-state index >= 15 is 0 Å². The fourth-order valence-corrected chi connectivity index (χ4v) is 6.02. The van der Waals surface area contributed by atoms with Crippen LogP contribution < -0.4 is 9.46 Å². The lowest BCUT2D eigenvalue weighted by atomic mass is 10.1. The summed E-state index contributed by atoms with van der Waals surface area (Å²) in [7, 11) is -2.58. The zero-order chi connectivity index (χ0) is 27.6.